The Hall–Kier alpha value is -1.42. The van der Waals surface area contributed by atoms with Gasteiger partial charge in [0.15, 0.2) is 0 Å². The average molecular weight is 256 g/mol. The second-order valence-corrected chi connectivity index (χ2v) is 4.57. The zero-order valence-electron chi connectivity index (χ0n) is 10.1. The van der Waals surface area contributed by atoms with Crippen molar-refractivity contribution in [2.75, 3.05) is 17.6 Å². The number of halogens is 1. The summed E-state index contributed by atoms with van der Waals surface area (Å²) in [6.07, 6.45) is 0.417. The second kappa shape index (κ2) is 6.35. The van der Waals surface area contributed by atoms with Crippen molar-refractivity contribution < 1.29 is 4.79 Å². The van der Waals surface area contributed by atoms with Crippen molar-refractivity contribution in [1.29, 1.82) is 0 Å². The Morgan fingerprint density at radius 2 is 2.18 bits per heavy atom. The molecule has 0 saturated heterocycles. The summed E-state index contributed by atoms with van der Waals surface area (Å²) in [7, 11) is 0. The van der Waals surface area contributed by atoms with Crippen LogP contribution in [0.4, 0.5) is 11.4 Å². The lowest BCUT2D eigenvalue weighted by atomic mass is 10.2. The van der Waals surface area contributed by atoms with Crippen LogP contribution in [0.25, 0.3) is 0 Å². The van der Waals surface area contributed by atoms with Crippen molar-refractivity contribution in [3.8, 4) is 0 Å². The first-order chi connectivity index (χ1) is 7.99. The third-order valence-electron chi connectivity index (χ3n) is 2.13. The summed E-state index contributed by atoms with van der Waals surface area (Å²) in [6.45, 7) is 4.41. The standard InChI is InChI=1S/C12H18ClN3O/c1-8(2)16-12(17)5-6-15-11-4-3-9(13)7-10(11)14/h3-4,7-8,15H,5-6,14H2,1-2H3,(H,16,17). The Bertz CT molecular complexity index is 393. The molecule has 0 fully saturated rings. The molecule has 1 rings (SSSR count). The van der Waals surface area contributed by atoms with Crippen LogP contribution in [0.3, 0.4) is 0 Å². The van der Waals surface area contributed by atoms with Crippen LogP contribution >= 0.6 is 11.6 Å². The molecule has 0 heterocycles. The molecule has 1 aromatic rings. The Labute approximate surface area is 107 Å². The van der Waals surface area contributed by atoms with Gasteiger partial charge < -0.3 is 16.4 Å². The predicted molar refractivity (Wildman–Crippen MR) is 72.2 cm³/mol. The number of anilines is 2. The number of hydrogen-bond donors (Lipinski definition) is 3. The topological polar surface area (TPSA) is 67.2 Å². The number of nitrogens with two attached hydrogens (primary N) is 1. The van der Waals surface area contributed by atoms with E-state index in [0.717, 1.165) is 5.69 Å². The quantitative estimate of drug-likeness (QED) is 0.707. The molecule has 4 N–H and O–H groups in total. The summed E-state index contributed by atoms with van der Waals surface area (Å²) in [6, 6.07) is 5.41. The van der Waals surface area contributed by atoms with Crippen LogP contribution in [0.2, 0.25) is 5.02 Å². The molecule has 1 aromatic carbocycles. The van der Waals surface area contributed by atoms with Gasteiger partial charge in [-0.3, -0.25) is 4.79 Å². The third-order valence-corrected chi connectivity index (χ3v) is 2.37. The van der Waals surface area contributed by atoms with Crippen molar-refractivity contribution in [2.24, 2.45) is 0 Å². The number of hydrogen-bond acceptors (Lipinski definition) is 3. The molecule has 0 aliphatic carbocycles. The van der Waals surface area contributed by atoms with Gasteiger partial charge in [-0.1, -0.05) is 11.6 Å². The fraction of sp³-hybridized carbons (Fsp3) is 0.417. The van der Waals surface area contributed by atoms with E-state index in [0.29, 0.717) is 23.7 Å². The number of benzene rings is 1. The zero-order chi connectivity index (χ0) is 12.8. The SMILES string of the molecule is CC(C)NC(=O)CCNc1ccc(Cl)cc1N. The molecule has 0 radical (unpaired) electrons. The second-order valence-electron chi connectivity index (χ2n) is 4.13. The van der Waals surface area contributed by atoms with Gasteiger partial charge in [0.25, 0.3) is 0 Å². The summed E-state index contributed by atoms with van der Waals surface area (Å²) in [5.41, 5.74) is 7.15. The molecule has 0 spiro atoms. The van der Waals surface area contributed by atoms with E-state index in [4.69, 9.17) is 17.3 Å². The Morgan fingerprint density at radius 3 is 2.76 bits per heavy atom. The Kier molecular flexibility index (Phi) is 5.10. The predicted octanol–water partition coefficient (Wildman–Crippen LogP) is 2.25. The number of nitrogens with one attached hydrogen (secondary N) is 2. The van der Waals surface area contributed by atoms with Gasteiger partial charge in [0.2, 0.25) is 5.91 Å². The fourth-order valence-electron chi connectivity index (χ4n) is 1.40. The van der Waals surface area contributed by atoms with Crippen LogP contribution in [0.5, 0.6) is 0 Å². The van der Waals surface area contributed by atoms with E-state index in [-0.39, 0.29) is 11.9 Å². The molecule has 0 aliphatic rings. The van der Waals surface area contributed by atoms with Crippen molar-refractivity contribution in [3.05, 3.63) is 23.2 Å². The molecule has 0 bridgehead atoms. The molecule has 17 heavy (non-hydrogen) atoms. The lowest BCUT2D eigenvalue weighted by molar-refractivity contribution is -0.121. The summed E-state index contributed by atoms with van der Waals surface area (Å²) < 4.78 is 0. The molecule has 0 aliphatic heterocycles. The molecule has 0 unspecified atom stereocenters. The van der Waals surface area contributed by atoms with Crippen molar-refractivity contribution in [1.82, 2.24) is 5.32 Å². The van der Waals surface area contributed by atoms with Crippen molar-refractivity contribution in [2.45, 2.75) is 26.3 Å². The lowest BCUT2D eigenvalue weighted by Crippen LogP contribution is -2.31. The van der Waals surface area contributed by atoms with Gasteiger partial charge in [-0.15, -0.1) is 0 Å². The number of rotatable bonds is 5. The average Bonchev–Trinajstić information content (AvgIpc) is 2.20. The molecule has 1 amide bonds. The van der Waals surface area contributed by atoms with Crippen LogP contribution in [0, 0.1) is 0 Å². The first kappa shape index (κ1) is 13.6. The van der Waals surface area contributed by atoms with Gasteiger partial charge in [-0.25, -0.2) is 0 Å². The van der Waals surface area contributed by atoms with Gasteiger partial charge in [-0.2, -0.15) is 0 Å². The Balaban J connectivity index is 2.38. The smallest absolute Gasteiger partial charge is 0.221 e. The van der Waals surface area contributed by atoms with Crippen molar-refractivity contribution in [3.63, 3.8) is 0 Å². The van der Waals surface area contributed by atoms with Crippen LogP contribution in [-0.4, -0.2) is 18.5 Å². The van der Waals surface area contributed by atoms with E-state index in [1.807, 2.05) is 13.8 Å². The maximum Gasteiger partial charge on any atom is 0.221 e. The van der Waals surface area contributed by atoms with E-state index in [1.165, 1.54) is 0 Å². The minimum absolute atomic E-state index is 0.0278. The monoisotopic (exact) mass is 255 g/mol. The minimum atomic E-state index is 0.0278. The van der Waals surface area contributed by atoms with Crippen LogP contribution in [0.15, 0.2) is 18.2 Å². The molecule has 4 nitrogen and oxygen atoms in total. The van der Waals surface area contributed by atoms with Gasteiger partial charge in [0, 0.05) is 24.0 Å². The largest absolute Gasteiger partial charge is 0.397 e. The highest BCUT2D eigenvalue weighted by atomic mass is 35.5. The van der Waals surface area contributed by atoms with Gasteiger partial charge >= 0.3 is 0 Å². The maximum atomic E-state index is 11.4. The molecular formula is C12H18ClN3O. The van der Waals surface area contributed by atoms with Crippen molar-refractivity contribution >= 4 is 28.9 Å². The molecular weight excluding hydrogens is 238 g/mol. The maximum absolute atomic E-state index is 11.4. The fourth-order valence-corrected chi connectivity index (χ4v) is 1.58. The summed E-state index contributed by atoms with van der Waals surface area (Å²) in [5.74, 6) is 0.0278. The van der Waals surface area contributed by atoms with E-state index in [9.17, 15) is 4.79 Å². The van der Waals surface area contributed by atoms with Crippen LogP contribution in [-0.2, 0) is 4.79 Å². The van der Waals surface area contributed by atoms with Crippen LogP contribution < -0.4 is 16.4 Å². The minimum Gasteiger partial charge on any atom is -0.397 e. The highest BCUT2D eigenvalue weighted by Crippen LogP contribution is 2.22. The number of amides is 1. The van der Waals surface area contributed by atoms with Gasteiger partial charge in [-0.05, 0) is 32.0 Å². The molecule has 94 valence electrons. The highest BCUT2D eigenvalue weighted by molar-refractivity contribution is 6.31. The number of nitrogen functional groups attached to an aromatic ring is 1. The van der Waals surface area contributed by atoms with E-state index in [2.05, 4.69) is 10.6 Å². The first-order valence-electron chi connectivity index (χ1n) is 5.57. The third kappa shape index (κ3) is 4.95. The first-order valence-corrected chi connectivity index (χ1v) is 5.95. The zero-order valence-corrected chi connectivity index (χ0v) is 10.8. The lowest BCUT2D eigenvalue weighted by Gasteiger charge is -2.11. The molecule has 0 aromatic heterocycles. The molecule has 0 saturated carbocycles. The van der Waals surface area contributed by atoms with Crippen LogP contribution in [0.1, 0.15) is 20.3 Å². The normalized spacial score (nSPS) is 10.4. The summed E-state index contributed by atoms with van der Waals surface area (Å²) in [4.78, 5) is 11.4. The molecule has 5 heteroatoms. The van der Waals surface area contributed by atoms with Gasteiger partial charge in [0.1, 0.15) is 0 Å². The summed E-state index contributed by atoms with van der Waals surface area (Å²) >= 11 is 5.79. The van der Waals surface area contributed by atoms with E-state index < -0.39 is 0 Å². The number of carbonyl (C=O) groups excluding carboxylic acids is 1. The summed E-state index contributed by atoms with van der Waals surface area (Å²) in [5, 5.41) is 6.52. The molecule has 0 atom stereocenters. The van der Waals surface area contributed by atoms with E-state index in [1.54, 1.807) is 18.2 Å². The van der Waals surface area contributed by atoms with E-state index >= 15 is 0 Å². The van der Waals surface area contributed by atoms with Gasteiger partial charge in [0.05, 0.1) is 11.4 Å². The Morgan fingerprint density at radius 1 is 1.47 bits per heavy atom. The highest BCUT2D eigenvalue weighted by Gasteiger charge is 2.04. The number of carbonyl (C=O) groups is 1.